The van der Waals surface area contributed by atoms with Gasteiger partial charge in [0.1, 0.15) is 18.3 Å². The average molecular weight is 329 g/mol. The lowest BCUT2D eigenvalue weighted by atomic mass is 9.98. The van der Waals surface area contributed by atoms with Crippen LogP contribution >= 0.6 is 0 Å². The SMILES string of the molecule is CNC(=O)c1ccccc1N.N[C@H]1C(O)O[C@H](CO)[C@@H](O)[C@@H]1O. The second-order valence-corrected chi connectivity index (χ2v) is 4.97. The Balaban J connectivity index is 0.000000231. The summed E-state index contributed by atoms with van der Waals surface area (Å²) >= 11 is 0. The molecule has 1 fully saturated rings. The van der Waals surface area contributed by atoms with Crippen LogP contribution in [0.25, 0.3) is 0 Å². The molecule has 0 radical (unpaired) electrons. The first-order valence-electron chi connectivity index (χ1n) is 6.96. The van der Waals surface area contributed by atoms with E-state index in [-0.39, 0.29) is 5.91 Å². The molecule has 1 aromatic carbocycles. The van der Waals surface area contributed by atoms with Gasteiger partial charge in [-0.3, -0.25) is 4.79 Å². The van der Waals surface area contributed by atoms with Crippen molar-refractivity contribution in [1.82, 2.24) is 5.32 Å². The van der Waals surface area contributed by atoms with Crippen LogP contribution in [0.3, 0.4) is 0 Å². The predicted octanol–water partition coefficient (Wildman–Crippen LogP) is -2.63. The summed E-state index contributed by atoms with van der Waals surface area (Å²) in [6.45, 7) is -0.470. The van der Waals surface area contributed by atoms with Gasteiger partial charge < -0.3 is 41.9 Å². The Bertz CT molecular complexity index is 510. The van der Waals surface area contributed by atoms with Crippen molar-refractivity contribution in [2.75, 3.05) is 19.4 Å². The molecule has 9 N–H and O–H groups in total. The topological polar surface area (TPSA) is 171 Å². The number of aliphatic hydroxyl groups is 4. The van der Waals surface area contributed by atoms with Crippen molar-refractivity contribution in [3.05, 3.63) is 29.8 Å². The maximum atomic E-state index is 11.0. The Labute approximate surface area is 133 Å². The number of carbonyl (C=O) groups excluding carboxylic acids is 1. The van der Waals surface area contributed by atoms with Gasteiger partial charge >= 0.3 is 0 Å². The summed E-state index contributed by atoms with van der Waals surface area (Å²) in [6.07, 6.45) is -4.85. The summed E-state index contributed by atoms with van der Waals surface area (Å²) < 4.78 is 4.70. The third-order valence-electron chi connectivity index (χ3n) is 3.38. The summed E-state index contributed by atoms with van der Waals surface area (Å²) in [7, 11) is 1.58. The number of hydrogen-bond acceptors (Lipinski definition) is 8. The number of carbonyl (C=O) groups is 1. The molecule has 0 saturated carbocycles. The standard InChI is InChI=1S/C8H10N2O.C6H13NO5/c1-10-8(11)6-4-2-3-5-7(6)9;7-3-5(10)4(9)2(1-8)12-6(3)11/h2-5H,9H2,1H3,(H,10,11);2-6,8-11H,1,7H2/t;2-,3-,4-,5-,6?/m.1/s1. The maximum Gasteiger partial charge on any atom is 0.253 e. The minimum atomic E-state index is -1.35. The van der Waals surface area contributed by atoms with Gasteiger partial charge in [-0.15, -0.1) is 0 Å². The molecular weight excluding hydrogens is 306 g/mol. The van der Waals surface area contributed by atoms with Crippen LogP contribution in [0.1, 0.15) is 10.4 Å². The molecule has 130 valence electrons. The Hall–Kier alpha value is -1.75. The maximum absolute atomic E-state index is 11.0. The van der Waals surface area contributed by atoms with Crippen molar-refractivity contribution < 1.29 is 30.0 Å². The number of benzene rings is 1. The molecular formula is C14H23N3O6. The molecule has 1 aliphatic heterocycles. The van der Waals surface area contributed by atoms with Gasteiger partial charge in [0.25, 0.3) is 5.91 Å². The van der Waals surface area contributed by atoms with Crippen molar-refractivity contribution in [3.8, 4) is 0 Å². The zero-order valence-corrected chi connectivity index (χ0v) is 12.7. The van der Waals surface area contributed by atoms with Gasteiger partial charge in [0, 0.05) is 12.7 Å². The molecule has 23 heavy (non-hydrogen) atoms. The van der Waals surface area contributed by atoms with Crippen LogP contribution in [0, 0.1) is 0 Å². The Kier molecular flexibility index (Phi) is 7.36. The van der Waals surface area contributed by atoms with Crippen LogP contribution in [-0.2, 0) is 4.74 Å². The number of rotatable bonds is 2. The van der Waals surface area contributed by atoms with Crippen LogP contribution in [0.4, 0.5) is 5.69 Å². The van der Waals surface area contributed by atoms with E-state index >= 15 is 0 Å². The first-order chi connectivity index (χ1) is 10.8. The van der Waals surface area contributed by atoms with Gasteiger partial charge in [-0.25, -0.2) is 0 Å². The second kappa shape index (κ2) is 8.77. The van der Waals surface area contributed by atoms with E-state index in [0.29, 0.717) is 11.3 Å². The first-order valence-corrected chi connectivity index (χ1v) is 6.96. The zero-order chi connectivity index (χ0) is 17.6. The van der Waals surface area contributed by atoms with Crippen LogP contribution in [0.5, 0.6) is 0 Å². The van der Waals surface area contributed by atoms with Crippen molar-refractivity contribution in [1.29, 1.82) is 0 Å². The highest BCUT2D eigenvalue weighted by Crippen LogP contribution is 2.17. The van der Waals surface area contributed by atoms with Crippen LogP contribution in [-0.4, -0.2) is 70.6 Å². The number of para-hydroxylation sites is 1. The van der Waals surface area contributed by atoms with Gasteiger partial charge in [0.2, 0.25) is 0 Å². The number of nitrogen functional groups attached to an aromatic ring is 1. The second-order valence-electron chi connectivity index (χ2n) is 4.97. The minimum Gasteiger partial charge on any atom is -0.398 e. The molecule has 0 aliphatic carbocycles. The number of amides is 1. The number of hydrogen-bond donors (Lipinski definition) is 7. The van der Waals surface area contributed by atoms with Crippen molar-refractivity contribution in [2.45, 2.75) is 30.6 Å². The fourth-order valence-electron chi connectivity index (χ4n) is 1.96. The smallest absolute Gasteiger partial charge is 0.253 e. The van der Waals surface area contributed by atoms with Gasteiger partial charge in [-0.2, -0.15) is 0 Å². The molecule has 0 spiro atoms. The highest BCUT2D eigenvalue weighted by atomic mass is 16.6. The van der Waals surface area contributed by atoms with E-state index in [1.165, 1.54) is 0 Å². The summed E-state index contributed by atoms with van der Waals surface area (Å²) in [4.78, 5) is 11.0. The highest BCUT2D eigenvalue weighted by molar-refractivity contribution is 5.98. The lowest BCUT2D eigenvalue weighted by molar-refractivity contribution is -0.248. The Morgan fingerprint density at radius 2 is 1.87 bits per heavy atom. The fraction of sp³-hybridized carbons (Fsp3) is 0.500. The molecule has 9 heteroatoms. The zero-order valence-electron chi connectivity index (χ0n) is 12.7. The van der Waals surface area contributed by atoms with Crippen LogP contribution in [0.15, 0.2) is 24.3 Å². The third-order valence-corrected chi connectivity index (χ3v) is 3.38. The van der Waals surface area contributed by atoms with Crippen molar-refractivity contribution >= 4 is 11.6 Å². The van der Waals surface area contributed by atoms with E-state index in [1.54, 1.807) is 31.3 Å². The molecule has 1 aromatic rings. The summed E-state index contributed by atoms with van der Waals surface area (Å²) in [5.41, 5.74) is 11.8. The fourth-order valence-corrected chi connectivity index (χ4v) is 1.96. The predicted molar refractivity (Wildman–Crippen MR) is 82.2 cm³/mol. The minimum absolute atomic E-state index is 0.150. The number of ether oxygens (including phenoxy) is 1. The van der Waals surface area contributed by atoms with E-state index in [1.807, 2.05) is 0 Å². The molecule has 1 heterocycles. The van der Waals surface area contributed by atoms with Gasteiger partial charge in [0.05, 0.1) is 18.2 Å². The van der Waals surface area contributed by atoms with Crippen LogP contribution in [0.2, 0.25) is 0 Å². The molecule has 1 amide bonds. The monoisotopic (exact) mass is 329 g/mol. The summed E-state index contributed by atoms with van der Waals surface area (Å²) in [6, 6.07) is 5.92. The van der Waals surface area contributed by atoms with Gasteiger partial charge in [0.15, 0.2) is 6.29 Å². The largest absolute Gasteiger partial charge is 0.398 e. The first kappa shape index (κ1) is 19.3. The third kappa shape index (κ3) is 4.86. The van der Waals surface area contributed by atoms with E-state index in [4.69, 9.17) is 26.4 Å². The molecule has 1 unspecified atom stereocenters. The lowest BCUT2D eigenvalue weighted by Gasteiger charge is -2.38. The molecule has 1 saturated heterocycles. The van der Waals surface area contributed by atoms with Gasteiger partial charge in [-0.05, 0) is 12.1 Å². The Morgan fingerprint density at radius 1 is 1.26 bits per heavy atom. The number of nitrogens with two attached hydrogens (primary N) is 2. The average Bonchev–Trinajstić information content (AvgIpc) is 2.56. The molecule has 9 nitrogen and oxygen atoms in total. The van der Waals surface area contributed by atoms with Crippen molar-refractivity contribution in [2.24, 2.45) is 5.73 Å². The molecule has 2 rings (SSSR count). The normalized spacial score (nSPS) is 30.1. The number of anilines is 1. The van der Waals surface area contributed by atoms with E-state index in [2.05, 4.69) is 5.32 Å². The summed E-state index contributed by atoms with van der Waals surface area (Å²) in [5, 5.41) is 38.6. The number of aliphatic hydroxyl groups excluding tert-OH is 4. The highest BCUT2D eigenvalue weighted by Gasteiger charge is 2.41. The Morgan fingerprint density at radius 3 is 2.39 bits per heavy atom. The number of nitrogens with one attached hydrogen (secondary N) is 1. The molecule has 0 aromatic heterocycles. The lowest BCUT2D eigenvalue weighted by Crippen LogP contribution is -2.61. The molecule has 0 bridgehead atoms. The summed E-state index contributed by atoms with van der Waals surface area (Å²) in [5.74, 6) is -0.150. The van der Waals surface area contributed by atoms with E-state index in [0.717, 1.165) is 0 Å². The molecule has 1 aliphatic rings. The van der Waals surface area contributed by atoms with Crippen LogP contribution < -0.4 is 16.8 Å². The van der Waals surface area contributed by atoms with E-state index in [9.17, 15) is 15.0 Å². The van der Waals surface area contributed by atoms with E-state index < -0.39 is 37.3 Å². The van der Waals surface area contributed by atoms with Gasteiger partial charge in [-0.1, -0.05) is 12.1 Å². The molecule has 5 atom stereocenters. The van der Waals surface area contributed by atoms with Crippen molar-refractivity contribution in [3.63, 3.8) is 0 Å². The quantitative estimate of drug-likeness (QED) is 0.289.